The number of benzene rings is 1. The first-order chi connectivity index (χ1) is 13.6. The molecule has 2 N–H and O–H groups in total. The largest absolute Gasteiger partial charge is 1.00 e. The number of anilines is 2. The standard InChI is InChI=1S/C17H22Cl2N6O3S.Na.H/c1-23-5-3-4-15(23)11-25(16-9-20-24(2)10-16)29(27,28)22-17(26)21-14-7-12(18)6-13(19)8-14;;/h6-10,15H,3-5,11H2,1-2H3,(H2,21,22,26);;/q;+1;-1/t15-;;/m1../s1. The van der Waals surface area contributed by atoms with E-state index in [4.69, 9.17) is 23.2 Å². The molecule has 2 amide bonds. The SMILES string of the molecule is CN1CCC[C@@H]1CN(c1cnn(C)c1)S(=O)(=O)NC(=O)Nc1cc(Cl)cc(Cl)c1.[H-].[Na+]. The van der Waals surface area contributed by atoms with Crippen molar-refractivity contribution in [3.63, 3.8) is 0 Å². The van der Waals surface area contributed by atoms with Gasteiger partial charge in [0.1, 0.15) is 0 Å². The molecule has 160 valence electrons. The zero-order valence-electron chi connectivity index (χ0n) is 18.0. The summed E-state index contributed by atoms with van der Waals surface area (Å²) in [6, 6.07) is 3.56. The summed E-state index contributed by atoms with van der Waals surface area (Å²) in [7, 11) is -0.541. The minimum Gasteiger partial charge on any atom is -1.00 e. The van der Waals surface area contributed by atoms with Crippen LogP contribution in [0.2, 0.25) is 10.0 Å². The number of rotatable bonds is 6. The maximum Gasteiger partial charge on any atom is 1.00 e. The van der Waals surface area contributed by atoms with E-state index in [1.54, 1.807) is 13.2 Å². The maximum absolute atomic E-state index is 13.0. The number of likely N-dealkylation sites (N-methyl/N-ethyl adjacent to an activating group) is 1. The Morgan fingerprint density at radius 3 is 2.50 bits per heavy atom. The predicted molar refractivity (Wildman–Crippen MR) is 115 cm³/mol. The van der Waals surface area contributed by atoms with Crippen molar-refractivity contribution in [2.24, 2.45) is 7.05 Å². The molecule has 2 heterocycles. The molecule has 9 nitrogen and oxygen atoms in total. The first-order valence-electron chi connectivity index (χ1n) is 8.90. The van der Waals surface area contributed by atoms with Crippen molar-refractivity contribution >= 4 is 50.8 Å². The van der Waals surface area contributed by atoms with Gasteiger partial charge in [0.25, 0.3) is 0 Å². The van der Waals surface area contributed by atoms with Crippen molar-refractivity contribution in [1.82, 2.24) is 19.4 Å². The Balaban J connectivity index is 0.00000240. The van der Waals surface area contributed by atoms with Gasteiger partial charge in [-0.1, -0.05) is 23.2 Å². The first kappa shape index (κ1) is 25.3. The first-order valence-corrected chi connectivity index (χ1v) is 11.1. The molecule has 1 aromatic heterocycles. The van der Waals surface area contributed by atoms with Gasteiger partial charge in [-0.25, -0.2) is 13.8 Å². The van der Waals surface area contributed by atoms with E-state index in [2.05, 4.69) is 15.3 Å². The molecule has 2 aromatic rings. The van der Waals surface area contributed by atoms with Gasteiger partial charge >= 0.3 is 45.8 Å². The van der Waals surface area contributed by atoms with Crippen LogP contribution in [0.5, 0.6) is 0 Å². The predicted octanol–water partition coefficient (Wildman–Crippen LogP) is -0.189. The average molecular weight is 485 g/mol. The fraction of sp³-hybridized carbons (Fsp3) is 0.412. The monoisotopic (exact) mass is 484 g/mol. The van der Waals surface area contributed by atoms with Crippen LogP contribution in [0, 0.1) is 0 Å². The van der Waals surface area contributed by atoms with E-state index in [-0.39, 0.29) is 49.3 Å². The molecular weight excluding hydrogens is 462 g/mol. The molecule has 0 bridgehead atoms. The number of halogens is 2. The number of hydrogen-bond acceptors (Lipinski definition) is 5. The quantitative estimate of drug-likeness (QED) is 0.553. The Bertz CT molecular complexity index is 989. The van der Waals surface area contributed by atoms with Crippen LogP contribution in [0.3, 0.4) is 0 Å². The van der Waals surface area contributed by atoms with Crippen LogP contribution in [0.4, 0.5) is 16.2 Å². The molecule has 0 unspecified atom stereocenters. The third kappa shape index (κ3) is 6.49. The Morgan fingerprint density at radius 1 is 1.30 bits per heavy atom. The van der Waals surface area contributed by atoms with E-state index < -0.39 is 16.2 Å². The Labute approximate surface area is 209 Å². The molecular formula is C17H23Cl2N6NaO3S. The summed E-state index contributed by atoms with van der Waals surface area (Å²) in [4.78, 5) is 14.5. The minimum absolute atomic E-state index is 0. The third-order valence-corrected chi connectivity index (χ3v) is 6.48. The molecule has 1 fully saturated rings. The molecule has 0 aliphatic carbocycles. The molecule has 1 atom stereocenters. The van der Waals surface area contributed by atoms with Crippen molar-refractivity contribution < 1.29 is 44.2 Å². The van der Waals surface area contributed by atoms with Gasteiger partial charge in [-0.15, -0.1) is 0 Å². The summed E-state index contributed by atoms with van der Waals surface area (Å²) in [5.74, 6) is 0. The van der Waals surface area contributed by atoms with Gasteiger partial charge in [0.15, 0.2) is 0 Å². The summed E-state index contributed by atoms with van der Waals surface area (Å²) in [5.41, 5.74) is 0.651. The summed E-state index contributed by atoms with van der Waals surface area (Å²) in [6.45, 7) is 1.10. The van der Waals surface area contributed by atoms with Gasteiger partial charge in [-0.05, 0) is 44.6 Å². The van der Waals surface area contributed by atoms with Crippen LogP contribution in [0.1, 0.15) is 14.3 Å². The Morgan fingerprint density at radius 2 is 1.97 bits per heavy atom. The average Bonchev–Trinajstić information content (AvgIpc) is 3.19. The molecule has 30 heavy (non-hydrogen) atoms. The number of aryl methyl sites for hydroxylation is 1. The van der Waals surface area contributed by atoms with Gasteiger partial charge in [0.05, 0.1) is 18.4 Å². The number of likely N-dealkylation sites (tertiary alicyclic amines) is 1. The van der Waals surface area contributed by atoms with Crippen LogP contribution in [0.25, 0.3) is 0 Å². The Hall–Kier alpha value is -1.01. The van der Waals surface area contributed by atoms with Crippen LogP contribution >= 0.6 is 23.2 Å². The molecule has 0 saturated carbocycles. The van der Waals surface area contributed by atoms with E-state index in [9.17, 15) is 13.2 Å². The van der Waals surface area contributed by atoms with Crippen LogP contribution in [-0.4, -0.2) is 55.3 Å². The van der Waals surface area contributed by atoms with Gasteiger partial charge in [0, 0.05) is 35.0 Å². The van der Waals surface area contributed by atoms with Gasteiger partial charge in [-0.2, -0.15) is 13.5 Å². The molecule has 1 aliphatic rings. The smallest absolute Gasteiger partial charge is 1.00 e. The number of hydrogen-bond donors (Lipinski definition) is 2. The van der Waals surface area contributed by atoms with Gasteiger partial charge < -0.3 is 11.6 Å². The van der Waals surface area contributed by atoms with E-state index in [0.29, 0.717) is 15.7 Å². The fourth-order valence-electron chi connectivity index (χ4n) is 3.24. The number of carbonyl (C=O) groups excluding carboxylic acids is 1. The number of nitrogens with one attached hydrogen (secondary N) is 2. The summed E-state index contributed by atoms with van der Waals surface area (Å²) >= 11 is 11.8. The Kier molecular flexibility index (Phi) is 8.87. The zero-order chi connectivity index (χ0) is 21.2. The molecule has 3 rings (SSSR count). The topological polar surface area (TPSA) is 99.6 Å². The second kappa shape index (κ2) is 10.5. The zero-order valence-corrected chi connectivity index (χ0v) is 21.3. The van der Waals surface area contributed by atoms with Crippen molar-refractivity contribution in [2.45, 2.75) is 18.9 Å². The minimum atomic E-state index is -4.19. The molecule has 13 heteroatoms. The fourth-order valence-corrected chi connectivity index (χ4v) is 4.90. The van der Waals surface area contributed by atoms with E-state index in [1.165, 1.54) is 29.1 Å². The van der Waals surface area contributed by atoms with Crippen molar-refractivity contribution in [2.75, 3.05) is 29.8 Å². The molecule has 0 radical (unpaired) electrons. The maximum atomic E-state index is 13.0. The van der Waals surface area contributed by atoms with Crippen molar-refractivity contribution in [1.29, 1.82) is 0 Å². The molecule has 1 aliphatic heterocycles. The number of nitrogens with zero attached hydrogens (tertiary/aromatic N) is 4. The van der Waals surface area contributed by atoms with E-state index in [1.807, 2.05) is 11.8 Å². The second-order valence-electron chi connectivity index (χ2n) is 6.90. The number of carbonyl (C=O) groups is 1. The van der Waals surface area contributed by atoms with Crippen LogP contribution in [0.15, 0.2) is 30.6 Å². The number of aromatic nitrogens is 2. The summed E-state index contributed by atoms with van der Waals surface area (Å²) in [6.07, 6.45) is 4.90. The molecule has 0 spiro atoms. The van der Waals surface area contributed by atoms with Gasteiger partial charge in [0.2, 0.25) is 0 Å². The van der Waals surface area contributed by atoms with E-state index >= 15 is 0 Å². The van der Waals surface area contributed by atoms with Crippen LogP contribution < -0.4 is 43.9 Å². The summed E-state index contributed by atoms with van der Waals surface area (Å²) in [5, 5.41) is 7.12. The third-order valence-electron chi connectivity index (χ3n) is 4.66. The second-order valence-corrected chi connectivity index (χ2v) is 9.37. The van der Waals surface area contributed by atoms with E-state index in [0.717, 1.165) is 23.7 Å². The summed E-state index contributed by atoms with van der Waals surface area (Å²) < 4.78 is 30.7. The van der Waals surface area contributed by atoms with Crippen molar-refractivity contribution in [3.05, 3.63) is 40.6 Å². The molecule has 1 aromatic carbocycles. The van der Waals surface area contributed by atoms with Crippen LogP contribution in [-0.2, 0) is 17.3 Å². The number of amides is 2. The van der Waals surface area contributed by atoms with Gasteiger partial charge in [-0.3, -0.25) is 4.68 Å². The molecule has 1 saturated heterocycles. The normalized spacial score (nSPS) is 16.7. The number of urea groups is 1. The van der Waals surface area contributed by atoms with Crippen molar-refractivity contribution in [3.8, 4) is 0 Å².